The normalized spacial score (nSPS) is 17.9. The molecule has 0 aromatic heterocycles. The molecule has 1 aliphatic carbocycles. The molecule has 0 amide bonds. The van der Waals surface area contributed by atoms with Crippen molar-refractivity contribution >= 4 is 29.9 Å². The Labute approximate surface area is 165 Å². The van der Waals surface area contributed by atoms with Gasteiger partial charge in [-0.3, -0.25) is 0 Å². The quantitative estimate of drug-likeness (QED) is 0.407. The molecule has 0 radical (unpaired) electrons. The highest BCUT2D eigenvalue weighted by atomic mass is 127. The van der Waals surface area contributed by atoms with Gasteiger partial charge in [0.2, 0.25) is 0 Å². The van der Waals surface area contributed by atoms with Crippen LogP contribution in [0.4, 0.5) is 4.39 Å². The lowest BCUT2D eigenvalue weighted by Crippen LogP contribution is -2.44. The number of nitrogens with zero attached hydrogens (tertiary/aromatic N) is 1. The summed E-state index contributed by atoms with van der Waals surface area (Å²) in [6.07, 6.45) is 6.21. The predicted molar refractivity (Wildman–Crippen MR) is 107 cm³/mol. The Kier molecular flexibility index (Phi) is 8.21. The minimum atomic E-state index is -0.279. The van der Waals surface area contributed by atoms with Gasteiger partial charge in [0.15, 0.2) is 12.8 Å². The number of ether oxygens (including phenoxy) is 2. The van der Waals surface area contributed by atoms with Crippen LogP contribution < -0.4 is 15.4 Å². The molecule has 140 valence electrons. The van der Waals surface area contributed by atoms with Gasteiger partial charge in [-0.05, 0) is 31.9 Å². The average Bonchev–Trinajstić information content (AvgIpc) is 2.60. The standard InChI is InChI=1S/C18H26FN3O2.HI/c1-2-20-18(22-16-6-4-3-5-7-16)21-10-13-8-15(19)9-14-11-23-12-24-17(13)14;/h8-9,16H,2-7,10-12H2,1H3,(H2,20,21,22);1H. The van der Waals surface area contributed by atoms with Crippen molar-refractivity contribution in [3.8, 4) is 5.75 Å². The molecule has 1 heterocycles. The van der Waals surface area contributed by atoms with E-state index in [9.17, 15) is 4.39 Å². The van der Waals surface area contributed by atoms with Gasteiger partial charge in [0.25, 0.3) is 0 Å². The summed E-state index contributed by atoms with van der Waals surface area (Å²) in [6.45, 7) is 3.80. The Balaban J connectivity index is 0.00000225. The first-order chi connectivity index (χ1) is 11.8. The van der Waals surface area contributed by atoms with E-state index in [1.165, 1.54) is 44.2 Å². The predicted octanol–water partition coefficient (Wildman–Crippen LogP) is 3.70. The Hall–Kier alpha value is -1.09. The number of hydrogen-bond acceptors (Lipinski definition) is 3. The maximum absolute atomic E-state index is 13.8. The van der Waals surface area contributed by atoms with Gasteiger partial charge in [0.1, 0.15) is 11.6 Å². The van der Waals surface area contributed by atoms with E-state index in [2.05, 4.69) is 15.6 Å². The zero-order valence-electron chi connectivity index (χ0n) is 14.6. The number of benzene rings is 1. The molecule has 1 saturated carbocycles. The minimum Gasteiger partial charge on any atom is -0.467 e. The average molecular weight is 463 g/mol. The van der Waals surface area contributed by atoms with E-state index in [0.29, 0.717) is 24.9 Å². The fourth-order valence-corrected chi connectivity index (χ4v) is 3.30. The third-order valence-electron chi connectivity index (χ3n) is 4.45. The van der Waals surface area contributed by atoms with E-state index in [-0.39, 0.29) is 36.6 Å². The number of fused-ring (bicyclic) bond motifs is 1. The molecule has 2 aliphatic rings. The highest BCUT2D eigenvalue weighted by Crippen LogP contribution is 2.30. The van der Waals surface area contributed by atoms with E-state index in [4.69, 9.17) is 9.47 Å². The molecule has 0 unspecified atom stereocenters. The first kappa shape index (κ1) is 20.2. The second-order valence-electron chi connectivity index (χ2n) is 6.34. The molecule has 3 rings (SSSR count). The highest BCUT2D eigenvalue weighted by molar-refractivity contribution is 14.0. The molecule has 2 N–H and O–H groups in total. The third-order valence-corrected chi connectivity index (χ3v) is 4.45. The minimum absolute atomic E-state index is 0. The van der Waals surface area contributed by atoms with E-state index in [1.807, 2.05) is 6.92 Å². The molecule has 0 atom stereocenters. The number of halogens is 2. The highest BCUT2D eigenvalue weighted by Gasteiger charge is 2.18. The van der Waals surface area contributed by atoms with Crippen molar-refractivity contribution in [2.24, 2.45) is 4.99 Å². The molecular formula is C18H27FIN3O2. The second-order valence-corrected chi connectivity index (χ2v) is 6.34. The van der Waals surface area contributed by atoms with Gasteiger partial charge < -0.3 is 20.1 Å². The van der Waals surface area contributed by atoms with Gasteiger partial charge >= 0.3 is 0 Å². The van der Waals surface area contributed by atoms with E-state index in [0.717, 1.165) is 23.6 Å². The lowest BCUT2D eigenvalue weighted by Gasteiger charge is -2.25. The van der Waals surface area contributed by atoms with Crippen LogP contribution in [0, 0.1) is 5.82 Å². The van der Waals surface area contributed by atoms with Crippen molar-refractivity contribution in [3.63, 3.8) is 0 Å². The van der Waals surface area contributed by atoms with Crippen molar-refractivity contribution in [2.45, 2.75) is 58.2 Å². The molecule has 0 spiro atoms. The van der Waals surface area contributed by atoms with Crippen molar-refractivity contribution < 1.29 is 13.9 Å². The first-order valence-corrected chi connectivity index (χ1v) is 8.83. The van der Waals surface area contributed by atoms with E-state index >= 15 is 0 Å². The van der Waals surface area contributed by atoms with Crippen LogP contribution in [0.25, 0.3) is 0 Å². The molecule has 1 aromatic carbocycles. The fourth-order valence-electron chi connectivity index (χ4n) is 3.30. The molecule has 1 aromatic rings. The number of nitrogens with one attached hydrogen (secondary N) is 2. The monoisotopic (exact) mass is 463 g/mol. The van der Waals surface area contributed by atoms with Crippen LogP contribution in [-0.4, -0.2) is 25.3 Å². The lowest BCUT2D eigenvalue weighted by atomic mass is 9.96. The molecule has 25 heavy (non-hydrogen) atoms. The van der Waals surface area contributed by atoms with Crippen LogP contribution in [0.3, 0.4) is 0 Å². The fraction of sp³-hybridized carbons (Fsp3) is 0.611. The van der Waals surface area contributed by atoms with E-state index < -0.39 is 0 Å². The van der Waals surface area contributed by atoms with Crippen molar-refractivity contribution in [1.82, 2.24) is 10.6 Å². The number of rotatable bonds is 4. The largest absolute Gasteiger partial charge is 0.467 e. The SMILES string of the molecule is CCNC(=NCc1cc(F)cc2c1OCOC2)NC1CCCCC1.I. The van der Waals surface area contributed by atoms with Gasteiger partial charge in [0, 0.05) is 23.7 Å². The molecule has 1 fully saturated rings. The molecule has 1 aliphatic heterocycles. The second kappa shape index (κ2) is 10.2. The lowest BCUT2D eigenvalue weighted by molar-refractivity contribution is -0.0172. The van der Waals surface area contributed by atoms with Gasteiger partial charge in [0.05, 0.1) is 13.2 Å². The Morgan fingerprint density at radius 1 is 1.28 bits per heavy atom. The summed E-state index contributed by atoms with van der Waals surface area (Å²) in [6, 6.07) is 3.44. The van der Waals surface area contributed by atoms with Crippen LogP contribution in [0.1, 0.15) is 50.2 Å². The van der Waals surface area contributed by atoms with Crippen LogP contribution in [-0.2, 0) is 17.9 Å². The van der Waals surface area contributed by atoms with Gasteiger partial charge in [-0.25, -0.2) is 9.38 Å². The summed E-state index contributed by atoms with van der Waals surface area (Å²) in [5, 5.41) is 6.78. The summed E-state index contributed by atoms with van der Waals surface area (Å²) in [4.78, 5) is 4.63. The third kappa shape index (κ3) is 5.70. The molecule has 0 bridgehead atoms. The van der Waals surface area contributed by atoms with Crippen LogP contribution in [0.5, 0.6) is 5.75 Å². The van der Waals surface area contributed by atoms with Gasteiger partial charge in [-0.15, -0.1) is 24.0 Å². The Bertz CT molecular complexity index is 592. The summed E-state index contributed by atoms with van der Waals surface area (Å²) < 4.78 is 24.6. The van der Waals surface area contributed by atoms with Crippen molar-refractivity contribution in [3.05, 3.63) is 29.1 Å². The first-order valence-electron chi connectivity index (χ1n) is 8.83. The smallest absolute Gasteiger partial charge is 0.191 e. The zero-order chi connectivity index (χ0) is 16.8. The molecule has 5 nitrogen and oxygen atoms in total. The molecule has 0 saturated heterocycles. The summed E-state index contributed by atoms with van der Waals surface area (Å²) in [5.41, 5.74) is 1.51. The topological polar surface area (TPSA) is 54.9 Å². The zero-order valence-corrected chi connectivity index (χ0v) is 17.0. The molecular weight excluding hydrogens is 436 g/mol. The van der Waals surface area contributed by atoms with Gasteiger partial charge in [-0.1, -0.05) is 19.3 Å². The maximum Gasteiger partial charge on any atom is 0.191 e. The van der Waals surface area contributed by atoms with E-state index in [1.54, 1.807) is 0 Å². The van der Waals surface area contributed by atoms with Crippen LogP contribution in [0.15, 0.2) is 17.1 Å². The van der Waals surface area contributed by atoms with Gasteiger partial charge in [-0.2, -0.15) is 0 Å². The summed E-state index contributed by atoms with van der Waals surface area (Å²) in [7, 11) is 0. The molecule has 7 heteroatoms. The number of aliphatic imine (C=N–C) groups is 1. The summed E-state index contributed by atoms with van der Waals surface area (Å²) in [5.74, 6) is 1.22. The van der Waals surface area contributed by atoms with Crippen LogP contribution >= 0.6 is 24.0 Å². The number of guanidine groups is 1. The Morgan fingerprint density at radius 2 is 2.08 bits per heavy atom. The summed E-state index contributed by atoms with van der Waals surface area (Å²) >= 11 is 0. The number of hydrogen-bond donors (Lipinski definition) is 2. The van der Waals surface area contributed by atoms with Crippen molar-refractivity contribution in [1.29, 1.82) is 0 Å². The Morgan fingerprint density at radius 3 is 2.84 bits per heavy atom. The maximum atomic E-state index is 13.8. The van der Waals surface area contributed by atoms with Crippen molar-refractivity contribution in [2.75, 3.05) is 13.3 Å². The van der Waals surface area contributed by atoms with Crippen LogP contribution in [0.2, 0.25) is 0 Å².